The van der Waals surface area contributed by atoms with Gasteiger partial charge >= 0.3 is 17.9 Å². The Bertz CT molecular complexity index is 721. The Kier molecular flexibility index (Phi) is 6.28. The number of carbonyl (C=O) groups excluding carboxylic acids is 3. The van der Waals surface area contributed by atoms with Crippen LogP contribution in [0.3, 0.4) is 0 Å². The predicted octanol–water partition coefficient (Wildman–Crippen LogP) is -0.186. The van der Waals surface area contributed by atoms with E-state index in [4.69, 9.17) is 23.1 Å². The molecule has 2 bridgehead atoms. The van der Waals surface area contributed by atoms with Gasteiger partial charge in [-0.05, 0) is 19.8 Å². The van der Waals surface area contributed by atoms with Gasteiger partial charge in [0.2, 0.25) is 0 Å². The molecule has 0 aromatic rings. The summed E-state index contributed by atoms with van der Waals surface area (Å²) < 4.78 is 49.0. The average molecular weight is 406 g/mol. The Morgan fingerprint density at radius 2 is 1.48 bits per heavy atom. The molecule has 0 aliphatic carbocycles. The van der Waals surface area contributed by atoms with Crippen molar-refractivity contribution >= 4 is 28.9 Å². The number of rotatable bonds is 8. The molecule has 2 aliphatic rings. The number of esters is 3. The van der Waals surface area contributed by atoms with Crippen LogP contribution in [0.25, 0.3) is 0 Å². The minimum absolute atomic E-state index is 0.0831. The Labute approximate surface area is 157 Å². The van der Waals surface area contributed by atoms with Gasteiger partial charge in [0.25, 0.3) is 11.0 Å². The van der Waals surface area contributed by atoms with Gasteiger partial charge in [0.1, 0.15) is 30.5 Å². The number of thiol groups is 1. The molecular formula is C16H22O10S. The highest BCUT2D eigenvalue weighted by Crippen LogP contribution is 2.54. The van der Waals surface area contributed by atoms with Crippen LogP contribution in [-0.2, 0) is 48.5 Å². The zero-order valence-electron chi connectivity index (χ0n) is 15.2. The number of fused-ring (bicyclic) bond motifs is 2. The lowest BCUT2D eigenvalue weighted by atomic mass is 9.78. The molecule has 0 N–H and O–H groups in total. The third kappa shape index (κ3) is 4.47. The van der Waals surface area contributed by atoms with Crippen molar-refractivity contribution < 1.29 is 45.9 Å². The van der Waals surface area contributed by atoms with Crippen LogP contribution in [-0.4, -0.2) is 62.9 Å². The molecule has 152 valence electrons. The minimum Gasteiger partial charge on any atom is -0.463 e. The van der Waals surface area contributed by atoms with Crippen molar-refractivity contribution in [3.05, 3.63) is 12.2 Å². The molecule has 2 aliphatic heterocycles. The van der Waals surface area contributed by atoms with Crippen molar-refractivity contribution in [1.29, 1.82) is 0 Å². The van der Waals surface area contributed by atoms with Crippen LogP contribution in [0.1, 0.15) is 33.6 Å². The first-order valence-corrected chi connectivity index (χ1v) is 9.25. The summed E-state index contributed by atoms with van der Waals surface area (Å²) in [4.78, 5) is 34.6. The maximum atomic E-state index is 12.1. The first-order valence-electron chi connectivity index (χ1n) is 8.16. The molecule has 4 unspecified atom stereocenters. The van der Waals surface area contributed by atoms with Crippen LogP contribution < -0.4 is 0 Å². The molecule has 2 fully saturated rings. The van der Waals surface area contributed by atoms with Gasteiger partial charge in [-0.1, -0.05) is 6.58 Å². The normalized spacial score (nSPS) is 31.6. The zero-order chi connectivity index (χ0) is 20.4. The van der Waals surface area contributed by atoms with E-state index in [9.17, 15) is 22.8 Å². The first kappa shape index (κ1) is 21.3. The number of carbonyl (C=O) groups is 3. The molecule has 4 atom stereocenters. The smallest absolute Gasteiger partial charge is 0.333 e. The monoisotopic (exact) mass is 406 g/mol. The van der Waals surface area contributed by atoms with Gasteiger partial charge in [-0.2, -0.15) is 0 Å². The van der Waals surface area contributed by atoms with Crippen molar-refractivity contribution in [2.45, 2.75) is 57.0 Å². The quantitative estimate of drug-likeness (QED) is 0.250. The topological polar surface area (TPSA) is 132 Å². The summed E-state index contributed by atoms with van der Waals surface area (Å²) in [6.07, 6.45) is -1.97. The predicted molar refractivity (Wildman–Crippen MR) is 88.9 cm³/mol. The fourth-order valence-corrected chi connectivity index (χ4v) is 3.81. The molecule has 2 rings (SSSR count). The van der Waals surface area contributed by atoms with Crippen LogP contribution in [0, 0.1) is 0 Å². The lowest BCUT2D eigenvalue weighted by Gasteiger charge is -2.36. The number of hydrogen-bond donors (Lipinski definition) is 1. The summed E-state index contributed by atoms with van der Waals surface area (Å²) in [5.41, 5.74) is -2.60. The van der Waals surface area contributed by atoms with Crippen molar-refractivity contribution in [2.75, 3.05) is 13.2 Å². The highest BCUT2D eigenvalue weighted by atomic mass is 32.2. The molecule has 0 amide bonds. The van der Waals surface area contributed by atoms with E-state index in [0.717, 1.165) is 0 Å². The van der Waals surface area contributed by atoms with Gasteiger partial charge in [-0.15, -0.1) is 0 Å². The zero-order valence-corrected chi connectivity index (χ0v) is 16.1. The second kappa shape index (κ2) is 7.95. The summed E-state index contributed by atoms with van der Waals surface area (Å²) in [7, 11) is -3.33. The van der Waals surface area contributed by atoms with E-state index in [0.29, 0.717) is 0 Å². The van der Waals surface area contributed by atoms with E-state index in [-0.39, 0.29) is 31.6 Å². The second-order valence-corrected chi connectivity index (χ2v) is 7.31. The summed E-state index contributed by atoms with van der Waals surface area (Å²) in [5.74, 6) is -1.97. The maximum absolute atomic E-state index is 12.1. The van der Waals surface area contributed by atoms with E-state index in [2.05, 4.69) is 6.58 Å². The molecule has 0 spiro atoms. The third-order valence-electron chi connectivity index (χ3n) is 4.51. The van der Waals surface area contributed by atoms with E-state index in [1.807, 2.05) is 0 Å². The molecule has 0 aromatic carbocycles. The van der Waals surface area contributed by atoms with Gasteiger partial charge in [-0.3, -0.25) is 13.8 Å². The van der Waals surface area contributed by atoms with Gasteiger partial charge < -0.3 is 18.9 Å². The summed E-state index contributed by atoms with van der Waals surface area (Å²) in [6.45, 7) is 6.71. The van der Waals surface area contributed by atoms with Crippen molar-refractivity contribution in [3.63, 3.8) is 0 Å². The molecule has 2 heterocycles. The van der Waals surface area contributed by atoms with Crippen molar-refractivity contribution in [1.82, 2.24) is 0 Å². The molecule has 0 aromatic heterocycles. The summed E-state index contributed by atoms with van der Waals surface area (Å²) >= 11 is 0. The standard InChI is InChI=1S/C16H22O10S/c1-9(2)14(19)24-12-13(25-27(20)21)16(8-23-11(4)18)6-5-15(12,26-16)7-22-10(3)17/h12-13,27H,1,5-8H2,2-4H3. The number of ether oxygens (including phenoxy) is 4. The maximum Gasteiger partial charge on any atom is 0.333 e. The van der Waals surface area contributed by atoms with Crippen LogP contribution in [0.15, 0.2) is 12.2 Å². The Hall–Kier alpha value is -1.98. The lowest BCUT2D eigenvalue weighted by Crippen LogP contribution is -2.55. The molecule has 27 heavy (non-hydrogen) atoms. The van der Waals surface area contributed by atoms with Crippen LogP contribution in [0.5, 0.6) is 0 Å². The highest BCUT2D eigenvalue weighted by molar-refractivity contribution is 7.67. The Balaban J connectivity index is 2.41. The summed E-state index contributed by atoms with van der Waals surface area (Å²) in [6, 6.07) is 0. The molecule has 0 radical (unpaired) electrons. The Morgan fingerprint density at radius 1 is 1.00 bits per heavy atom. The highest BCUT2D eigenvalue weighted by Gasteiger charge is 2.71. The van der Waals surface area contributed by atoms with E-state index < -0.39 is 52.3 Å². The van der Waals surface area contributed by atoms with Gasteiger partial charge in [-0.25, -0.2) is 13.2 Å². The van der Waals surface area contributed by atoms with Crippen molar-refractivity contribution in [3.8, 4) is 0 Å². The van der Waals surface area contributed by atoms with Gasteiger partial charge in [0, 0.05) is 19.4 Å². The molecular weight excluding hydrogens is 384 g/mol. The molecule has 11 heteroatoms. The summed E-state index contributed by atoms with van der Waals surface area (Å²) in [5, 5.41) is 0. The van der Waals surface area contributed by atoms with Crippen LogP contribution >= 0.6 is 0 Å². The second-order valence-electron chi connectivity index (χ2n) is 6.65. The van der Waals surface area contributed by atoms with E-state index in [1.54, 1.807) is 0 Å². The SMILES string of the molecule is C=C(C)C(=O)OC1C(O[SH](=O)=O)C2(COC(C)=O)CCC1(COC(C)=O)O2. The first-order chi connectivity index (χ1) is 12.5. The van der Waals surface area contributed by atoms with Crippen LogP contribution in [0.2, 0.25) is 0 Å². The number of hydrogen-bond acceptors (Lipinski definition) is 10. The average Bonchev–Trinajstić information content (AvgIpc) is 3.05. The molecule has 0 saturated carbocycles. The molecule has 10 nitrogen and oxygen atoms in total. The van der Waals surface area contributed by atoms with Gasteiger partial charge in [0.15, 0.2) is 6.10 Å². The minimum atomic E-state index is -3.33. The van der Waals surface area contributed by atoms with Gasteiger partial charge in [0.05, 0.1) is 0 Å². The Morgan fingerprint density at radius 3 is 1.89 bits per heavy atom. The fraction of sp³-hybridized carbons (Fsp3) is 0.688. The fourth-order valence-electron chi connectivity index (χ4n) is 3.33. The lowest BCUT2D eigenvalue weighted by molar-refractivity contribution is -0.171. The largest absolute Gasteiger partial charge is 0.463 e. The third-order valence-corrected chi connectivity index (χ3v) is 4.91. The van der Waals surface area contributed by atoms with E-state index >= 15 is 0 Å². The van der Waals surface area contributed by atoms with Crippen LogP contribution in [0.4, 0.5) is 0 Å². The molecule has 2 saturated heterocycles. The van der Waals surface area contributed by atoms with E-state index in [1.165, 1.54) is 20.8 Å². The van der Waals surface area contributed by atoms with Crippen molar-refractivity contribution in [2.24, 2.45) is 0 Å².